The Bertz CT molecular complexity index is 668. The lowest BCUT2D eigenvalue weighted by Gasteiger charge is -2.08. The summed E-state index contributed by atoms with van der Waals surface area (Å²) < 4.78 is 5.63. The van der Waals surface area contributed by atoms with E-state index in [1.165, 1.54) is 11.8 Å². The zero-order valence-corrected chi connectivity index (χ0v) is 13.4. The predicted molar refractivity (Wildman–Crippen MR) is 86.4 cm³/mol. The summed E-state index contributed by atoms with van der Waals surface area (Å²) in [5, 5.41) is 0.654. The van der Waals surface area contributed by atoms with E-state index in [1.54, 1.807) is 0 Å². The van der Waals surface area contributed by atoms with Crippen LogP contribution >= 0.6 is 11.8 Å². The maximum atomic E-state index is 12.1. The number of thioether (sulfide) groups is 1. The van der Waals surface area contributed by atoms with Crippen LogP contribution < -0.4 is 10.3 Å². The molecule has 0 aliphatic heterocycles. The molecule has 112 valence electrons. The lowest BCUT2D eigenvalue weighted by Crippen LogP contribution is -2.17. The fourth-order valence-electron chi connectivity index (χ4n) is 2.06. The maximum Gasteiger partial charge on any atom is 0.255 e. The topological polar surface area (TPSA) is 55.0 Å². The van der Waals surface area contributed by atoms with Gasteiger partial charge in [-0.2, -0.15) is 0 Å². The minimum Gasteiger partial charge on any atom is -0.494 e. The molecule has 2 rings (SSSR count). The summed E-state index contributed by atoms with van der Waals surface area (Å²) in [5.74, 6) is 0.845. The SMILES string of the molecule is CCCOc1cccc(Cc2c(C)nc(SC)[nH]c2=O)c1. The Morgan fingerprint density at radius 2 is 2.19 bits per heavy atom. The van der Waals surface area contributed by atoms with E-state index in [2.05, 4.69) is 16.9 Å². The Morgan fingerprint density at radius 3 is 2.86 bits per heavy atom. The van der Waals surface area contributed by atoms with Crippen molar-refractivity contribution in [2.24, 2.45) is 0 Å². The monoisotopic (exact) mass is 304 g/mol. The van der Waals surface area contributed by atoms with Crippen molar-refractivity contribution < 1.29 is 4.74 Å². The number of rotatable bonds is 6. The number of ether oxygens (including phenoxy) is 1. The van der Waals surface area contributed by atoms with Crippen LogP contribution in [0.5, 0.6) is 5.75 Å². The number of aromatic nitrogens is 2. The van der Waals surface area contributed by atoms with Gasteiger partial charge in [0.25, 0.3) is 5.56 Å². The zero-order chi connectivity index (χ0) is 15.2. The molecule has 1 aromatic heterocycles. The summed E-state index contributed by atoms with van der Waals surface area (Å²) in [5.41, 5.74) is 2.48. The van der Waals surface area contributed by atoms with Crippen LogP contribution in [0.4, 0.5) is 0 Å². The van der Waals surface area contributed by atoms with Crippen LogP contribution in [-0.4, -0.2) is 22.8 Å². The fourth-order valence-corrected chi connectivity index (χ4v) is 2.48. The molecule has 0 aliphatic rings. The van der Waals surface area contributed by atoms with E-state index in [-0.39, 0.29) is 5.56 Å². The number of hydrogen-bond acceptors (Lipinski definition) is 4. The van der Waals surface area contributed by atoms with Gasteiger partial charge in [0, 0.05) is 17.7 Å². The summed E-state index contributed by atoms with van der Waals surface area (Å²) in [7, 11) is 0. The highest BCUT2D eigenvalue weighted by Gasteiger charge is 2.09. The highest BCUT2D eigenvalue weighted by atomic mass is 32.2. The van der Waals surface area contributed by atoms with Gasteiger partial charge >= 0.3 is 0 Å². The Labute approximate surface area is 129 Å². The van der Waals surface area contributed by atoms with Crippen molar-refractivity contribution >= 4 is 11.8 Å². The first kappa shape index (κ1) is 15.6. The molecule has 0 saturated heterocycles. The third kappa shape index (κ3) is 4.11. The van der Waals surface area contributed by atoms with E-state index < -0.39 is 0 Å². The Balaban J connectivity index is 2.24. The summed E-state index contributed by atoms with van der Waals surface area (Å²) in [6.07, 6.45) is 3.43. The summed E-state index contributed by atoms with van der Waals surface area (Å²) in [6.45, 7) is 4.65. The number of nitrogens with zero attached hydrogens (tertiary/aromatic N) is 1. The molecule has 1 N–H and O–H groups in total. The highest BCUT2D eigenvalue weighted by Crippen LogP contribution is 2.17. The zero-order valence-electron chi connectivity index (χ0n) is 12.6. The summed E-state index contributed by atoms with van der Waals surface area (Å²) in [6, 6.07) is 7.87. The Morgan fingerprint density at radius 1 is 1.38 bits per heavy atom. The number of benzene rings is 1. The fraction of sp³-hybridized carbons (Fsp3) is 0.375. The summed E-state index contributed by atoms with van der Waals surface area (Å²) in [4.78, 5) is 19.3. The molecule has 0 atom stereocenters. The number of aryl methyl sites for hydroxylation is 1. The minimum atomic E-state index is -0.0632. The molecule has 0 bridgehead atoms. The number of nitrogens with one attached hydrogen (secondary N) is 1. The van der Waals surface area contributed by atoms with Crippen LogP contribution in [0.1, 0.15) is 30.2 Å². The molecular formula is C16H20N2O2S. The average Bonchev–Trinajstić information content (AvgIpc) is 2.49. The van der Waals surface area contributed by atoms with Crippen molar-refractivity contribution in [1.29, 1.82) is 0 Å². The second kappa shape index (κ2) is 7.31. The van der Waals surface area contributed by atoms with Crippen molar-refractivity contribution in [2.45, 2.75) is 31.8 Å². The van der Waals surface area contributed by atoms with E-state index in [1.807, 2.05) is 37.4 Å². The largest absolute Gasteiger partial charge is 0.494 e. The minimum absolute atomic E-state index is 0.0632. The van der Waals surface area contributed by atoms with E-state index in [0.29, 0.717) is 23.7 Å². The van der Waals surface area contributed by atoms with Gasteiger partial charge in [-0.05, 0) is 37.3 Å². The molecule has 0 radical (unpaired) electrons. The van der Waals surface area contributed by atoms with Crippen molar-refractivity contribution in [2.75, 3.05) is 12.9 Å². The predicted octanol–water partition coefficient (Wildman–Crippen LogP) is 3.18. The third-order valence-electron chi connectivity index (χ3n) is 3.15. The van der Waals surface area contributed by atoms with Gasteiger partial charge in [0.2, 0.25) is 0 Å². The third-order valence-corrected chi connectivity index (χ3v) is 3.73. The van der Waals surface area contributed by atoms with Crippen molar-refractivity contribution in [3.63, 3.8) is 0 Å². The molecule has 0 fully saturated rings. The van der Waals surface area contributed by atoms with Gasteiger partial charge in [-0.1, -0.05) is 30.8 Å². The molecule has 5 heteroatoms. The van der Waals surface area contributed by atoms with Crippen molar-refractivity contribution in [1.82, 2.24) is 9.97 Å². The Kier molecular flexibility index (Phi) is 5.44. The normalized spacial score (nSPS) is 10.6. The smallest absolute Gasteiger partial charge is 0.255 e. The molecule has 1 aromatic carbocycles. The van der Waals surface area contributed by atoms with Crippen LogP contribution in [-0.2, 0) is 6.42 Å². The molecule has 4 nitrogen and oxygen atoms in total. The van der Waals surface area contributed by atoms with E-state index in [0.717, 1.165) is 23.4 Å². The Hall–Kier alpha value is -1.75. The molecule has 2 aromatic rings. The molecule has 0 unspecified atom stereocenters. The standard InChI is InChI=1S/C16H20N2O2S/c1-4-8-20-13-7-5-6-12(9-13)10-14-11(2)17-16(21-3)18-15(14)19/h5-7,9H,4,8,10H2,1-3H3,(H,17,18,19). The van der Waals surface area contributed by atoms with E-state index in [4.69, 9.17) is 4.74 Å². The maximum absolute atomic E-state index is 12.1. The van der Waals surface area contributed by atoms with Crippen LogP contribution in [0, 0.1) is 6.92 Å². The average molecular weight is 304 g/mol. The first-order valence-corrected chi connectivity index (χ1v) is 8.22. The van der Waals surface area contributed by atoms with Gasteiger partial charge in [-0.15, -0.1) is 0 Å². The van der Waals surface area contributed by atoms with Crippen LogP contribution in [0.2, 0.25) is 0 Å². The molecule has 0 saturated carbocycles. The second-order valence-electron chi connectivity index (χ2n) is 4.81. The molecule has 0 amide bonds. The van der Waals surface area contributed by atoms with Crippen LogP contribution in [0.25, 0.3) is 0 Å². The van der Waals surface area contributed by atoms with Gasteiger partial charge in [0.1, 0.15) is 5.75 Å². The lowest BCUT2D eigenvalue weighted by molar-refractivity contribution is 0.317. The van der Waals surface area contributed by atoms with Crippen molar-refractivity contribution in [3.05, 3.63) is 51.4 Å². The first-order valence-electron chi connectivity index (χ1n) is 6.99. The van der Waals surface area contributed by atoms with Crippen molar-refractivity contribution in [3.8, 4) is 5.75 Å². The van der Waals surface area contributed by atoms with Gasteiger partial charge < -0.3 is 9.72 Å². The van der Waals surface area contributed by atoms with Gasteiger partial charge in [0.15, 0.2) is 5.16 Å². The second-order valence-corrected chi connectivity index (χ2v) is 5.61. The van der Waals surface area contributed by atoms with Crippen LogP contribution in [0.15, 0.2) is 34.2 Å². The number of aromatic amines is 1. The number of hydrogen-bond donors (Lipinski definition) is 1. The molecule has 1 heterocycles. The van der Waals surface area contributed by atoms with Gasteiger partial charge in [-0.25, -0.2) is 4.98 Å². The number of H-pyrrole nitrogens is 1. The van der Waals surface area contributed by atoms with E-state index in [9.17, 15) is 4.79 Å². The highest BCUT2D eigenvalue weighted by molar-refractivity contribution is 7.98. The van der Waals surface area contributed by atoms with Gasteiger partial charge in [-0.3, -0.25) is 4.79 Å². The molecule has 21 heavy (non-hydrogen) atoms. The summed E-state index contributed by atoms with van der Waals surface area (Å²) >= 11 is 1.44. The quantitative estimate of drug-likeness (QED) is 0.658. The molecule has 0 aliphatic carbocycles. The van der Waals surface area contributed by atoms with Crippen LogP contribution in [0.3, 0.4) is 0 Å². The lowest BCUT2D eigenvalue weighted by atomic mass is 10.0. The molecule has 0 spiro atoms. The molecular weight excluding hydrogens is 284 g/mol. The van der Waals surface area contributed by atoms with E-state index >= 15 is 0 Å². The van der Waals surface area contributed by atoms with Gasteiger partial charge in [0.05, 0.1) is 6.61 Å². The first-order chi connectivity index (χ1) is 10.1.